The van der Waals surface area contributed by atoms with Crippen molar-refractivity contribution in [2.75, 3.05) is 18.1 Å². The number of hydrogen-bond donors (Lipinski definition) is 6. The van der Waals surface area contributed by atoms with E-state index in [1.54, 1.807) is 45.9 Å². The van der Waals surface area contributed by atoms with Crippen LogP contribution in [0.5, 0.6) is 0 Å². The number of rotatable bonds is 14. The van der Waals surface area contributed by atoms with Crippen LogP contribution < -0.4 is 11.3 Å². The van der Waals surface area contributed by atoms with Gasteiger partial charge in [0.15, 0.2) is 11.2 Å². The van der Waals surface area contributed by atoms with Gasteiger partial charge in [0.1, 0.15) is 17.9 Å². The molecular weight excluding hydrogens is 715 g/mol. The van der Waals surface area contributed by atoms with Crippen molar-refractivity contribution in [3.05, 3.63) is 52.1 Å². The Hall–Kier alpha value is -2.09. The van der Waals surface area contributed by atoms with Crippen LogP contribution in [0.15, 0.2) is 35.4 Å². The zero-order chi connectivity index (χ0) is 33.7. The average Bonchev–Trinajstić information content (AvgIpc) is 3.24. The van der Waals surface area contributed by atoms with Gasteiger partial charge in [-0.15, -0.1) is 0 Å². The number of hydrogen-bond acceptors (Lipinski definition) is 15. The van der Waals surface area contributed by atoms with Gasteiger partial charge >= 0.3 is 29.4 Å². The summed E-state index contributed by atoms with van der Waals surface area (Å²) < 4.78 is 61.3. The third-order valence-corrected chi connectivity index (χ3v) is 13.7. The van der Waals surface area contributed by atoms with Gasteiger partial charge in [0.05, 0.1) is 18.5 Å². The number of nitrogen functional groups attached to an aromatic ring is 1. The van der Waals surface area contributed by atoms with Crippen LogP contribution in [0.25, 0.3) is 11.2 Å². The number of benzene rings is 1. The number of phosphoric ester groups is 1. The molecule has 0 radical (unpaired) electrons. The number of aromatic amines is 1. The molecule has 2 aliphatic rings. The fraction of sp³-hybridized carbons (Fsp3) is 0.455. The molecule has 1 aliphatic heterocycles. The summed E-state index contributed by atoms with van der Waals surface area (Å²) in [6.45, 7) is 3.07. The summed E-state index contributed by atoms with van der Waals surface area (Å²) in [6, 6.07) is 6.84. The molecule has 1 saturated carbocycles. The second-order valence-electron chi connectivity index (χ2n) is 10.1. The monoisotopic (exact) mass is 743 g/mol. The van der Waals surface area contributed by atoms with Gasteiger partial charge in [-0.3, -0.25) is 18.9 Å². The van der Waals surface area contributed by atoms with Gasteiger partial charge in [0.25, 0.3) is 5.56 Å². The maximum absolute atomic E-state index is 13.4. The van der Waals surface area contributed by atoms with E-state index in [0.29, 0.717) is 5.56 Å². The molecule has 2 aromatic heterocycles. The number of nitrogens with two attached hydrogens (primary N) is 1. The van der Waals surface area contributed by atoms with Gasteiger partial charge in [0.2, 0.25) is 5.95 Å². The average molecular weight is 744 g/mol. The molecule has 3 heterocycles. The molecule has 0 bridgehead atoms. The highest BCUT2D eigenvalue weighted by molar-refractivity contribution is 8.76. The lowest BCUT2D eigenvalue weighted by Crippen LogP contribution is -2.30. The summed E-state index contributed by atoms with van der Waals surface area (Å²) in [5.41, 5.74) is 4.46. The molecule has 1 aliphatic carbocycles. The summed E-state index contributed by atoms with van der Waals surface area (Å²) in [6.07, 6.45) is -0.611. The number of aromatic nitrogens is 4. The summed E-state index contributed by atoms with van der Waals surface area (Å²) in [4.78, 5) is 73.4. The Morgan fingerprint density at radius 1 is 1.22 bits per heavy atom. The second-order valence-corrected chi connectivity index (χ2v) is 17.5. The summed E-state index contributed by atoms with van der Waals surface area (Å²) in [5, 5.41) is -0.0788. The largest absolute Gasteiger partial charge is 0.490 e. The van der Waals surface area contributed by atoms with Crippen LogP contribution in [0.4, 0.5) is 5.95 Å². The van der Waals surface area contributed by atoms with Crippen LogP contribution in [0.3, 0.4) is 0 Å². The first-order valence-corrected chi connectivity index (χ1v) is 20.1. The molecule has 2 fully saturated rings. The summed E-state index contributed by atoms with van der Waals surface area (Å²) >= 11 is 0. The normalized spacial score (nSPS) is 25.8. The molecule has 19 nitrogen and oxygen atoms in total. The van der Waals surface area contributed by atoms with Crippen LogP contribution in [-0.4, -0.2) is 69.1 Å². The topological polar surface area (TPSA) is 285 Å². The lowest BCUT2D eigenvalue weighted by Gasteiger charge is -2.24. The Labute approximate surface area is 267 Å². The minimum Gasteiger partial charge on any atom is -0.455 e. The highest BCUT2D eigenvalue weighted by Gasteiger charge is 2.75. The molecule has 5 unspecified atom stereocenters. The lowest BCUT2D eigenvalue weighted by molar-refractivity contribution is -0.0876. The molecule has 7 N–H and O–H groups in total. The number of carbonyl (C=O) groups is 1. The molecule has 7 atom stereocenters. The number of imidazole rings is 1. The third kappa shape index (κ3) is 7.63. The first-order chi connectivity index (χ1) is 21.5. The van der Waals surface area contributed by atoms with Crippen molar-refractivity contribution >= 4 is 68.1 Å². The smallest absolute Gasteiger partial charge is 0.455 e. The summed E-state index contributed by atoms with van der Waals surface area (Å²) in [5.74, 6) is -0.735. The number of esters is 1. The molecule has 0 spiro atoms. The van der Waals surface area contributed by atoms with Gasteiger partial charge in [-0.05, 0) is 18.6 Å². The molecule has 3 aromatic rings. The van der Waals surface area contributed by atoms with Crippen molar-refractivity contribution in [2.24, 2.45) is 5.92 Å². The molecule has 1 aromatic carbocycles. The predicted octanol–water partition coefficient (Wildman–Crippen LogP) is 3.02. The highest BCUT2D eigenvalue weighted by atomic mass is 33.1. The predicted molar refractivity (Wildman–Crippen MR) is 163 cm³/mol. The van der Waals surface area contributed by atoms with Crippen molar-refractivity contribution < 1.29 is 60.7 Å². The number of fused-ring (bicyclic) bond motifs is 2. The maximum atomic E-state index is 13.4. The Balaban J connectivity index is 1.39. The Morgan fingerprint density at radius 2 is 1.93 bits per heavy atom. The zero-order valence-electron chi connectivity index (χ0n) is 23.8. The van der Waals surface area contributed by atoms with E-state index < -0.39 is 65.5 Å². The number of carbonyl (C=O) groups excluding carboxylic acids is 1. The van der Waals surface area contributed by atoms with Gasteiger partial charge < -0.3 is 34.8 Å². The van der Waals surface area contributed by atoms with Crippen LogP contribution in [0.2, 0.25) is 0 Å². The minimum absolute atomic E-state index is 0.0477. The number of ether oxygens (including phenoxy) is 2. The molecule has 5 rings (SSSR count). The summed E-state index contributed by atoms with van der Waals surface area (Å²) in [7, 11) is -13.8. The van der Waals surface area contributed by atoms with E-state index in [4.69, 9.17) is 29.5 Å². The molecule has 0 amide bonds. The molecule has 1 saturated heterocycles. The van der Waals surface area contributed by atoms with Crippen molar-refractivity contribution in [3.63, 3.8) is 0 Å². The number of H-pyrrole nitrogens is 1. The Kier molecular flexibility index (Phi) is 10.0. The van der Waals surface area contributed by atoms with Crippen LogP contribution in [-0.2, 0) is 36.3 Å². The first kappa shape index (κ1) is 35.2. The van der Waals surface area contributed by atoms with Crippen LogP contribution in [0.1, 0.15) is 47.7 Å². The first-order valence-electron chi connectivity index (χ1n) is 13.2. The Bertz CT molecular complexity index is 1850. The van der Waals surface area contributed by atoms with Crippen LogP contribution in [0, 0.1) is 5.92 Å². The van der Waals surface area contributed by atoms with E-state index in [-0.39, 0.29) is 34.3 Å². The van der Waals surface area contributed by atoms with Gasteiger partial charge in [-0.25, -0.2) is 23.5 Å². The fourth-order valence-electron chi connectivity index (χ4n) is 5.10. The van der Waals surface area contributed by atoms with E-state index in [1.165, 1.54) is 10.9 Å². The quantitative estimate of drug-likeness (QED) is 0.0786. The number of anilines is 1. The highest BCUT2D eigenvalue weighted by Crippen LogP contribution is 2.68. The van der Waals surface area contributed by atoms with E-state index in [0.717, 1.165) is 5.75 Å². The van der Waals surface area contributed by atoms with Crippen molar-refractivity contribution in [1.82, 2.24) is 19.5 Å². The Morgan fingerprint density at radius 3 is 2.63 bits per heavy atom. The second kappa shape index (κ2) is 13.1. The zero-order valence-corrected chi connectivity index (χ0v) is 28.1. The molecule has 24 heteroatoms. The van der Waals surface area contributed by atoms with E-state index in [1.807, 2.05) is 13.8 Å². The van der Waals surface area contributed by atoms with Crippen molar-refractivity contribution in [1.29, 1.82) is 0 Å². The van der Waals surface area contributed by atoms with Gasteiger partial charge in [0, 0.05) is 23.3 Å². The lowest BCUT2D eigenvalue weighted by atomic mass is 10.1. The number of nitrogens with one attached hydrogen (secondary N) is 1. The number of phosphoric acid groups is 3. The van der Waals surface area contributed by atoms with Gasteiger partial charge in [-0.2, -0.15) is 13.6 Å². The van der Waals surface area contributed by atoms with Crippen LogP contribution >= 0.6 is 45.1 Å². The number of nitrogens with zero attached hydrogens (tertiary/aromatic N) is 3. The fourth-order valence-corrected chi connectivity index (χ4v) is 10.1. The van der Waals surface area contributed by atoms with Crippen molar-refractivity contribution in [3.8, 4) is 0 Å². The maximum Gasteiger partial charge on any atom is 0.490 e. The van der Waals surface area contributed by atoms with Crippen molar-refractivity contribution in [2.45, 2.75) is 43.5 Å². The molecular formula is C22H28N5O14P3S2. The molecule has 46 heavy (non-hydrogen) atoms. The third-order valence-electron chi connectivity index (χ3n) is 6.99. The van der Waals surface area contributed by atoms with Gasteiger partial charge in [-0.1, -0.05) is 46.7 Å². The van der Waals surface area contributed by atoms with E-state index in [9.17, 15) is 33.1 Å². The standard InChI is InChI=1S/C22H28N5O14P3S2/c1-3-45-46-11(2)12-6-4-5-7-13(12)20(29)38-17-14-8-15(27-10-24-16-18(27)25-21(23)26-19(16)28)39-22(14,17)9-37-43(33,34)41-44(35,36)40-42(30,31)32/h4-7,10-11,14-15,17H,3,8-9H2,1-2H3,(H,33,34)(H,35,36)(H2,30,31,32)(H3,23,25,26,28)/t11?,14?,15-,17-,22?/m1/s1. The van der Waals surface area contributed by atoms with E-state index >= 15 is 0 Å². The SMILES string of the molecule is CCSSC(C)c1ccccc1C(=O)O[C@@H]1C2C[C@H](n3cnc4c(=O)[nH]c(N)nc43)OC21COP(=O)(O)OP(=O)(O)OP(=O)(O)O. The molecule has 252 valence electrons. The van der Waals surface area contributed by atoms with E-state index in [2.05, 4.69) is 23.6 Å². The minimum atomic E-state index is -5.79.